The van der Waals surface area contributed by atoms with Crippen LogP contribution in [0.4, 0.5) is 0 Å². The summed E-state index contributed by atoms with van der Waals surface area (Å²) >= 11 is 3.31. The Balaban J connectivity index is 2.48. The molecule has 0 unspecified atom stereocenters. The van der Waals surface area contributed by atoms with E-state index in [-0.39, 0.29) is 12.3 Å². The van der Waals surface area contributed by atoms with Crippen molar-refractivity contribution in [3.63, 3.8) is 0 Å². The van der Waals surface area contributed by atoms with E-state index >= 15 is 0 Å². The van der Waals surface area contributed by atoms with Crippen LogP contribution in [0.2, 0.25) is 0 Å². The molecule has 0 aliphatic heterocycles. The van der Waals surface area contributed by atoms with E-state index < -0.39 is 5.97 Å². The maximum absolute atomic E-state index is 10.4. The fourth-order valence-corrected chi connectivity index (χ4v) is 1.09. The van der Waals surface area contributed by atoms with E-state index in [1.807, 2.05) is 24.3 Å². The summed E-state index contributed by atoms with van der Waals surface area (Å²) in [4.78, 5) is 15.2. The molecule has 0 spiro atoms. The first kappa shape index (κ1) is 11.7. The quantitative estimate of drug-likeness (QED) is 0.676. The zero-order valence-electron chi connectivity index (χ0n) is 8.11. The number of oxime groups is 1. The molecule has 0 aromatic heterocycles. The van der Waals surface area contributed by atoms with Gasteiger partial charge in [-0.1, -0.05) is 33.2 Å². The lowest BCUT2D eigenvalue weighted by atomic mass is 10.2. The lowest BCUT2D eigenvalue weighted by Crippen LogP contribution is -2.08. The average molecular weight is 272 g/mol. The Morgan fingerprint density at radius 3 is 2.60 bits per heavy atom. The van der Waals surface area contributed by atoms with Gasteiger partial charge in [0.15, 0.2) is 5.71 Å². The van der Waals surface area contributed by atoms with Gasteiger partial charge in [0.2, 0.25) is 0 Å². The van der Waals surface area contributed by atoms with Gasteiger partial charge in [-0.2, -0.15) is 0 Å². The normalized spacial score (nSPS) is 11.2. The van der Waals surface area contributed by atoms with E-state index in [0.717, 1.165) is 10.0 Å². The number of hydrogen-bond donors (Lipinski definition) is 1. The molecule has 0 aliphatic rings. The molecule has 80 valence electrons. The van der Waals surface area contributed by atoms with Gasteiger partial charge in [-0.05, 0) is 24.6 Å². The summed E-state index contributed by atoms with van der Waals surface area (Å²) in [5, 5.41) is 11.9. The third kappa shape index (κ3) is 4.12. The smallest absolute Gasteiger partial charge is 0.353 e. The van der Waals surface area contributed by atoms with Crippen molar-refractivity contribution in [3.05, 3.63) is 34.3 Å². The van der Waals surface area contributed by atoms with Crippen LogP contribution in [0.1, 0.15) is 12.5 Å². The monoisotopic (exact) mass is 271 g/mol. The minimum absolute atomic E-state index is 0.0629. The Labute approximate surface area is 95.7 Å². The summed E-state index contributed by atoms with van der Waals surface area (Å²) in [7, 11) is 0. The first-order chi connectivity index (χ1) is 7.09. The first-order valence-electron chi connectivity index (χ1n) is 4.24. The van der Waals surface area contributed by atoms with Crippen molar-refractivity contribution in [2.75, 3.05) is 0 Å². The fraction of sp³-hybridized carbons (Fsp3) is 0.200. The number of aliphatic carboxylic acids is 1. The van der Waals surface area contributed by atoms with Crippen molar-refractivity contribution in [2.45, 2.75) is 13.5 Å². The highest BCUT2D eigenvalue weighted by atomic mass is 79.9. The largest absolute Gasteiger partial charge is 0.477 e. The van der Waals surface area contributed by atoms with Crippen molar-refractivity contribution in [1.29, 1.82) is 0 Å². The molecule has 0 bridgehead atoms. The van der Waals surface area contributed by atoms with Crippen LogP contribution in [0.5, 0.6) is 0 Å². The van der Waals surface area contributed by atoms with Crippen LogP contribution < -0.4 is 0 Å². The van der Waals surface area contributed by atoms with Crippen molar-refractivity contribution < 1.29 is 14.7 Å². The van der Waals surface area contributed by atoms with E-state index in [9.17, 15) is 4.79 Å². The van der Waals surface area contributed by atoms with Crippen molar-refractivity contribution in [2.24, 2.45) is 5.16 Å². The van der Waals surface area contributed by atoms with Crippen LogP contribution in [-0.4, -0.2) is 16.8 Å². The predicted molar refractivity (Wildman–Crippen MR) is 59.7 cm³/mol. The molecular formula is C10H10BrNO3. The molecule has 0 saturated heterocycles. The average Bonchev–Trinajstić information content (AvgIpc) is 2.20. The third-order valence-electron chi connectivity index (χ3n) is 1.66. The summed E-state index contributed by atoms with van der Waals surface area (Å²) in [6.45, 7) is 1.64. The second-order valence-corrected chi connectivity index (χ2v) is 3.80. The fourth-order valence-electron chi connectivity index (χ4n) is 0.823. The summed E-state index contributed by atoms with van der Waals surface area (Å²) < 4.78 is 0.983. The Kier molecular flexibility index (Phi) is 4.30. The number of hydrogen-bond acceptors (Lipinski definition) is 3. The van der Waals surface area contributed by atoms with Gasteiger partial charge in [0.1, 0.15) is 6.61 Å². The van der Waals surface area contributed by atoms with Gasteiger partial charge in [0.25, 0.3) is 0 Å². The summed E-state index contributed by atoms with van der Waals surface area (Å²) in [6, 6.07) is 7.50. The maximum Gasteiger partial charge on any atom is 0.353 e. The topological polar surface area (TPSA) is 58.9 Å². The highest BCUT2D eigenvalue weighted by molar-refractivity contribution is 9.10. The maximum atomic E-state index is 10.4. The summed E-state index contributed by atoms with van der Waals surface area (Å²) in [5.41, 5.74) is 0.868. The van der Waals surface area contributed by atoms with Gasteiger partial charge < -0.3 is 9.94 Å². The number of halogens is 1. The third-order valence-corrected chi connectivity index (χ3v) is 2.18. The Morgan fingerprint density at radius 2 is 2.07 bits per heavy atom. The van der Waals surface area contributed by atoms with Gasteiger partial charge in [-0.15, -0.1) is 0 Å². The molecule has 1 aromatic carbocycles. The Bertz CT molecular complexity index is 373. The van der Waals surface area contributed by atoms with Crippen LogP contribution in [0, 0.1) is 0 Å². The molecule has 0 aliphatic carbocycles. The van der Waals surface area contributed by atoms with Crippen LogP contribution in [0.15, 0.2) is 33.9 Å². The first-order valence-corrected chi connectivity index (χ1v) is 5.03. The Morgan fingerprint density at radius 1 is 1.47 bits per heavy atom. The van der Waals surface area contributed by atoms with Crippen molar-refractivity contribution in [3.8, 4) is 0 Å². The number of carboxylic acids is 1. The molecule has 15 heavy (non-hydrogen) atoms. The van der Waals surface area contributed by atoms with Crippen LogP contribution in [0.3, 0.4) is 0 Å². The number of carbonyl (C=O) groups is 1. The van der Waals surface area contributed by atoms with E-state index in [2.05, 4.69) is 21.1 Å². The molecule has 1 N–H and O–H groups in total. The van der Waals surface area contributed by atoms with Gasteiger partial charge >= 0.3 is 5.97 Å². The van der Waals surface area contributed by atoms with Gasteiger partial charge in [-0.25, -0.2) is 4.79 Å². The minimum Gasteiger partial charge on any atom is -0.477 e. The predicted octanol–water partition coefficient (Wildman–Crippen LogP) is 2.43. The van der Waals surface area contributed by atoms with Crippen LogP contribution >= 0.6 is 15.9 Å². The highest BCUT2D eigenvalue weighted by Crippen LogP contribution is 2.11. The van der Waals surface area contributed by atoms with Gasteiger partial charge in [0.05, 0.1) is 0 Å². The molecule has 4 nitrogen and oxygen atoms in total. The molecule has 0 heterocycles. The zero-order valence-corrected chi connectivity index (χ0v) is 9.69. The van der Waals surface area contributed by atoms with Crippen molar-refractivity contribution in [1.82, 2.24) is 0 Å². The standard InChI is InChI=1S/C10H10BrNO3/c1-7(10(13)14)12-15-6-8-2-4-9(11)5-3-8/h2-5H,6H2,1H3,(H,13,14). The molecular weight excluding hydrogens is 262 g/mol. The second kappa shape index (κ2) is 5.50. The Hall–Kier alpha value is -1.36. The van der Waals surface area contributed by atoms with Crippen molar-refractivity contribution >= 4 is 27.6 Å². The molecule has 0 atom stereocenters. The molecule has 1 rings (SSSR count). The van der Waals surface area contributed by atoms with Gasteiger partial charge in [0, 0.05) is 4.47 Å². The molecule has 1 aromatic rings. The molecule has 0 fully saturated rings. The number of rotatable bonds is 4. The minimum atomic E-state index is -1.08. The molecule has 0 radical (unpaired) electrons. The number of carboxylic acid groups (broad SMARTS) is 1. The second-order valence-electron chi connectivity index (χ2n) is 2.88. The SMILES string of the molecule is CC(=NOCc1ccc(Br)cc1)C(=O)O. The van der Waals surface area contributed by atoms with E-state index in [1.165, 1.54) is 6.92 Å². The van der Waals surface area contributed by atoms with E-state index in [1.54, 1.807) is 0 Å². The summed E-state index contributed by atoms with van der Waals surface area (Å²) in [6.07, 6.45) is 0. The lowest BCUT2D eigenvalue weighted by Gasteiger charge is -2.00. The number of benzene rings is 1. The lowest BCUT2D eigenvalue weighted by molar-refractivity contribution is -0.129. The van der Waals surface area contributed by atoms with Crippen LogP contribution in [0.25, 0.3) is 0 Å². The highest BCUT2D eigenvalue weighted by Gasteiger charge is 2.01. The van der Waals surface area contributed by atoms with Crippen LogP contribution in [-0.2, 0) is 16.2 Å². The van der Waals surface area contributed by atoms with E-state index in [0.29, 0.717) is 0 Å². The molecule has 0 amide bonds. The zero-order chi connectivity index (χ0) is 11.3. The summed E-state index contributed by atoms with van der Waals surface area (Å²) in [5.74, 6) is -1.08. The number of nitrogens with zero attached hydrogens (tertiary/aromatic N) is 1. The van der Waals surface area contributed by atoms with E-state index in [4.69, 9.17) is 9.94 Å². The molecule has 0 saturated carbocycles. The van der Waals surface area contributed by atoms with Gasteiger partial charge in [-0.3, -0.25) is 0 Å². The molecule has 5 heteroatoms.